The standard InChI is InChI=1S/C13H23NO3/c1-16-11-5-2-6-12(9-11)17-13(15)8-10-4-3-7-14-10/h10-12,14H,2-9H2,1H3. The van der Waals surface area contributed by atoms with Gasteiger partial charge in [0, 0.05) is 19.6 Å². The summed E-state index contributed by atoms with van der Waals surface area (Å²) in [7, 11) is 1.73. The van der Waals surface area contributed by atoms with Crippen LogP contribution in [0.5, 0.6) is 0 Å². The second-order valence-electron chi connectivity index (χ2n) is 5.13. The molecule has 98 valence electrons. The number of rotatable bonds is 4. The Morgan fingerprint density at radius 2 is 2.06 bits per heavy atom. The van der Waals surface area contributed by atoms with E-state index < -0.39 is 0 Å². The van der Waals surface area contributed by atoms with E-state index in [1.54, 1.807) is 7.11 Å². The van der Waals surface area contributed by atoms with E-state index in [4.69, 9.17) is 9.47 Å². The minimum atomic E-state index is -0.0499. The first-order valence-corrected chi connectivity index (χ1v) is 6.73. The van der Waals surface area contributed by atoms with Crippen molar-refractivity contribution in [3.8, 4) is 0 Å². The zero-order valence-corrected chi connectivity index (χ0v) is 10.6. The summed E-state index contributed by atoms with van der Waals surface area (Å²) in [6.07, 6.45) is 7.17. The summed E-state index contributed by atoms with van der Waals surface area (Å²) in [5.74, 6) is -0.0499. The van der Waals surface area contributed by atoms with Gasteiger partial charge in [0.2, 0.25) is 0 Å². The summed E-state index contributed by atoms with van der Waals surface area (Å²) in [5, 5.41) is 3.32. The van der Waals surface area contributed by atoms with Gasteiger partial charge in [-0.1, -0.05) is 0 Å². The second kappa shape index (κ2) is 6.36. The average Bonchev–Trinajstić information content (AvgIpc) is 2.82. The van der Waals surface area contributed by atoms with Crippen molar-refractivity contribution >= 4 is 5.97 Å². The van der Waals surface area contributed by atoms with Crippen molar-refractivity contribution in [1.29, 1.82) is 0 Å². The van der Waals surface area contributed by atoms with Gasteiger partial charge in [-0.3, -0.25) is 4.79 Å². The number of carbonyl (C=O) groups is 1. The van der Waals surface area contributed by atoms with Crippen LogP contribution in [0.3, 0.4) is 0 Å². The topological polar surface area (TPSA) is 47.6 Å². The van der Waals surface area contributed by atoms with Crippen molar-refractivity contribution in [2.24, 2.45) is 0 Å². The molecule has 1 N–H and O–H groups in total. The molecule has 1 aliphatic heterocycles. The summed E-state index contributed by atoms with van der Waals surface area (Å²) in [6, 6.07) is 0.337. The molecule has 0 aromatic heterocycles. The molecule has 2 aliphatic rings. The molecule has 0 aromatic carbocycles. The average molecular weight is 241 g/mol. The maximum Gasteiger partial charge on any atom is 0.307 e. The molecule has 0 bridgehead atoms. The van der Waals surface area contributed by atoms with E-state index in [1.165, 1.54) is 6.42 Å². The zero-order valence-electron chi connectivity index (χ0n) is 10.6. The van der Waals surface area contributed by atoms with Crippen molar-refractivity contribution in [3.63, 3.8) is 0 Å². The Labute approximate surface area is 103 Å². The third-order valence-electron chi connectivity index (χ3n) is 3.78. The van der Waals surface area contributed by atoms with Crippen LogP contribution in [0.1, 0.15) is 44.9 Å². The molecule has 0 spiro atoms. The van der Waals surface area contributed by atoms with Crippen LogP contribution in [0.4, 0.5) is 0 Å². The zero-order chi connectivity index (χ0) is 12.1. The van der Waals surface area contributed by atoms with E-state index in [1.807, 2.05) is 0 Å². The molecule has 0 radical (unpaired) electrons. The number of esters is 1. The summed E-state index contributed by atoms with van der Waals surface area (Å²) >= 11 is 0. The van der Waals surface area contributed by atoms with Gasteiger partial charge in [0.05, 0.1) is 12.5 Å². The monoisotopic (exact) mass is 241 g/mol. The van der Waals surface area contributed by atoms with Crippen molar-refractivity contribution in [2.75, 3.05) is 13.7 Å². The molecule has 2 rings (SSSR count). The molecule has 1 aliphatic carbocycles. The predicted octanol–water partition coefficient (Wildman–Crippen LogP) is 1.63. The Morgan fingerprint density at radius 1 is 1.24 bits per heavy atom. The molecule has 17 heavy (non-hydrogen) atoms. The van der Waals surface area contributed by atoms with Crippen LogP contribution in [-0.2, 0) is 14.3 Å². The summed E-state index contributed by atoms with van der Waals surface area (Å²) in [6.45, 7) is 1.03. The summed E-state index contributed by atoms with van der Waals surface area (Å²) in [4.78, 5) is 11.8. The number of hydrogen-bond donors (Lipinski definition) is 1. The third-order valence-corrected chi connectivity index (χ3v) is 3.78. The van der Waals surface area contributed by atoms with Gasteiger partial charge >= 0.3 is 5.97 Å². The molecule has 3 unspecified atom stereocenters. The van der Waals surface area contributed by atoms with E-state index in [2.05, 4.69) is 5.32 Å². The van der Waals surface area contributed by atoms with E-state index in [0.29, 0.717) is 12.5 Å². The van der Waals surface area contributed by atoms with Gasteiger partial charge in [-0.25, -0.2) is 0 Å². The minimum absolute atomic E-state index is 0.0499. The number of nitrogens with one attached hydrogen (secondary N) is 1. The fraction of sp³-hybridized carbons (Fsp3) is 0.923. The normalized spacial score (nSPS) is 33.6. The van der Waals surface area contributed by atoms with Crippen LogP contribution in [-0.4, -0.2) is 37.9 Å². The molecule has 0 aromatic rings. The van der Waals surface area contributed by atoms with E-state index >= 15 is 0 Å². The van der Waals surface area contributed by atoms with Gasteiger partial charge < -0.3 is 14.8 Å². The first-order valence-electron chi connectivity index (χ1n) is 6.73. The molecular formula is C13H23NO3. The van der Waals surface area contributed by atoms with Gasteiger partial charge in [-0.15, -0.1) is 0 Å². The van der Waals surface area contributed by atoms with Crippen LogP contribution < -0.4 is 5.32 Å². The number of methoxy groups -OCH3 is 1. The molecule has 1 heterocycles. The lowest BCUT2D eigenvalue weighted by Crippen LogP contribution is -2.32. The van der Waals surface area contributed by atoms with E-state index in [0.717, 1.165) is 38.6 Å². The molecule has 1 saturated heterocycles. The summed E-state index contributed by atoms with van der Waals surface area (Å²) < 4.78 is 10.9. The van der Waals surface area contributed by atoms with Gasteiger partial charge in [-0.05, 0) is 38.6 Å². The first-order chi connectivity index (χ1) is 8.28. The van der Waals surface area contributed by atoms with Crippen LogP contribution in [0.15, 0.2) is 0 Å². The van der Waals surface area contributed by atoms with Crippen molar-refractivity contribution < 1.29 is 14.3 Å². The van der Waals surface area contributed by atoms with Crippen LogP contribution in [0.25, 0.3) is 0 Å². The second-order valence-corrected chi connectivity index (χ2v) is 5.13. The summed E-state index contributed by atoms with van der Waals surface area (Å²) in [5.41, 5.74) is 0. The lowest BCUT2D eigenvalue weighted by molar-refractivity contribution is -0.153. The number of hydrogen-bond acceptors (Lipinski definition) is 4. The molecular weight excluding hydrogens is 218 g/mol. The molecule has 4 heteroatoms. The third kappa shape index (κ3) is 3.96. The molecule has 2 fully saturated rings. The van der Waals surface area contributed by atoms with E-state index in [-0.39, 0.29) is 18.2 Å². The van der Waals surface area contributed by atoms with Crippen LogP contribution in [0.2, 0.25) is 0 Å². The Hall–Kier alpha value is -0.610. The number of ether oxygens (including phenoxy) is 2. The van der Waals surface area contributed by atoms with Crippen LogP contribution >= 0.6 is 0 Å². The molecule has 1 saturated carbocycles. The minimum Gasteiger partial charge on any atom is -0.462 e. The molecule has 3 atom stereocenters. The van der Waals surface area contributed by atoms with Gasteiger partial charge in [-0.2, -0.15) is 0 Å². The van der Waals surface area contributed by atoms with Crippen LogP contribution in [0, 0.1) is 0 Å². The quantitative estimate of drug-likeness (QED) is 0.760. The van der Waals surface area contributed by atoms with Crippen molar-refractivity contribution in [2.45, 2.75) is 63.2 Å². The highest BCUT2D eigenvalue weighted by molar-refractivity contribution is 5.70. The molecule has 4 nitrogen and oxygen atoms in total. The largest absolute Gasteiger partial charge is 0.462 e. The van der Waals surface area contributed by atoms with E-state index in [9.17, 15) is 4.79 Å². The van der Waals surface area contributed by atoms with Crippen molar-refractivity contribution in [3.05, 3.63) is 0 Å². The smallest absolute Gasteiger partial charge is 0.307 e. The molecule has 0 amide bonds. The fourth-order valence-electron chi connectivity index (χ4n) is 2.79. The fourth-order valence-corrected chi connectivity index (χ4v) is 2.79. The Morgan fingerprint density at radius 3 is 2.76 bits per heavy atom. The van der Waals surface area contributed by atoms with Crippen molar-refractivity contribution in [1.82, 2.24) is 5.32 Å². The highest BCUT2D eigenvalue weighted by Crippen LogP contribution is 2.23. The lowest BCUT2D eigenvalue weighted by Gasteiger charge is -2.28. The van der Waals surface area contributed by atoms with Gasteiger partial charge in [0.1, 0.15) is 6.10 Å². The maximum absolute atomic E-state index is 11.8. The number of carbonyl (C=O) groups excluding carboxylic acids is 1. The maximum atomic E-state index is 11.8. The Balaban J connectivity index is 1.70. The lowest BCUT2D eigenvalue weighted by atomic mass is 9.95. The first kappa shape index (κ1) is 12.8. The predicted molar refractivity (Wildman–Crippen MR) is 64.8 cm³/mol. The Kier molecular flexibility index (Phi) is 4.80. The Bertz CT molecular complexity index is 251. The highest BCUT2D eigenvalue weighted by atomic mass is 16.5. The van der Waals surface area contributed by atoms with Gasteiger partial charge in [0.15, 0.2) is 0 Å². The van der Waals surface area contributed by atoms with Gasteiger partial charge in [0.25, 0.3) is 0 Å². The SMILES string of the molecule is COC1CCCC(OC(=O)CC2CCCN2)C1. The highest BCUT2D eigenvalue weighted by Gasteiger charge is 2.26.